The Bertz CT molecular complexity index is 340. The summed E-state index contributed by atoms with van der Waals surface area (Å²) in [5.74, 6) is -0.278. The molecule has 0 aliphatic heterocycles. The third kappa shape index (κ3) is 4.72. The minimum absolute atomic E-state index is 0.00425. The second kappa shape index (κ2) is 7.46. The van der Waals surface area contributed by atoms with Crippen molar-refractivity contribution in [2.24, 2.45) is 0 Å². The molecular weight excluding hydrogens is 231 g/mol. The normalized spacial score (nSPS) is 14.8. The molecule has 4 heteroatoms. The van der Waals surface area contributed by atoms with E-state index in [2.05, 4.69) is 10.2 Å². The van der Waals surface area contributed by atoms with Gasteiger partial charge in [0.15, 0.2) is 0 Å². The van der Waals surface area contributed by atoms with Gasteiger partial charge in [-0.25, -0.2) is 4.39 Å². The number of nitrogens with one attached hydrogen (secondary N) is 1. The summed E-state index contributed by atoms with van der Waals surface area (Å²) in [6.07, 6.45) is 0.226. The molecule has 2 atom stereocenters. The van der Waals surface area contributed by atoms with Gasteiger partial charge in [-0.05, 0) is 38.2 Å². The number of aliphatic hydroxyl groups is 1. The maximum Gasteiger partial charge on any atom is 0.123 e. The predicted octanol–water partition coefficient (Wildman–Crippen LogP) is 1.79. The molecule has 1 rings (SSSR count). The summed E-state index contributed by atoms with van der Waals surface area (Å²) in [5.41, 5.74) is 0.751. The van der Waals surface area contributed by atoms with Crippen molar-refractivity contribution in [3.8, 4) is 0 Å². The fraction of sp³-hybridized carbons (Fsp3) is 0.571. The highest BCUT2D eigenvalue weighted by Gasteiger charge is 2.18. The van der Waals surface area contributed by atoms with Crippen LogP contribution in [-0.2, 0) is 0 Å². The van der Waals surface area contributed by atoms with Crippen LogP contribution in [-0.4, -0.2) is 43.2 Å². The van der Waals surface area contributed by atoms with Gasteiger partial charge in [0.05, 0.1) is 6.10 Å². The predicted molar refractivity (Wildman–Crippen MR) is 72.0 cm³/mol. The Hall–Kier alpha value is -0.970. The highest BCUT2D eigenvalue weighted by molar-refractivity contribution is 5.19. The van der Waals surface area contributed by atoms with Gasteiger partial charge in [-0.1, -0.05) is 19.1 Å². The van der Waals surface area contributed by atoms with Crippen LogP contribution in [0.25, 0.3) is 0 Å². The molecule has 0 aliphatic rings. The summed E-state index contributed by atoms with van der Waals surface area (Å²) >= 11 is 0. The Morgan fingerprint density at radius 1 is 1.28 bits per heavy atom. The molecule has 0 saturated carbocycles. The first kappa shape index (κ1) is 15.1. The van der Waals surface area contributed by atoms with Crippen molar-refractivity contribution in [1.29, 1.82) is 0 Å². The van der Waals surface area contributed by atoms with E-state index in [1.54, 1.807) is 12.1 Å². The lowest BCUT2D eigenvalue weighted by molar-refractivity contribution is 0.125. The van der Waals surface area contributed by atoms with Gasteiger partial charge in [-0.2, -0.15) is 0 Å². The molecule has 2 N–H and O–H groups in total. The van der Waals surface area contributed by atoms with Crippen LogP contribution in [0.2, 0.25) is 0 Å². The second-order valence-corrected chi connectivity index (χ2v) is 4.77. The van der Waals surface area contributed by atoms with E-state index >= 15 is 0 Å². The van der Waals surface area contributed by atoms with Crippen molar-refractivity contribution in [3.63, 3.8) is 0 Å². The number of halogens is 1. The Kier molecular flexibility index (Phi) is 6.25. The van der Waals surface area contributed by atoms with Crippen LogP contribution in [0, 0.1) is 5.82 Å². The third-order valence-corrected chi connectivity index (χ3v) is 3.00. The number of aliphatic hydroxyl groups excluding tert-OH is 1. The summed E-state index contributed by atoms with van der Waals surface area (Å²) < 4.78 is 12.8. The highest BCUT2D eigenvalue weighted by Crippen LogP contribution is 2.19. The Morgan fingerprint density at radius 3 is 2.39 bits per heavy atom. The van der Waals surface area contributed by atoms with Gasteiger partial charge in [-0.15, -0.1) is 0 Å². The molecule has 0 aromatic heterocycles. The number of hydrogen-bond acceptors (Lipinski definition) is 3. The number of nitrogens with zero attached hydrogens (tertiary/aromatic N) is 1. The molecule has 0 fully saturated rings. The number of likely N-dealkylation sites (N-methyl/N-ethyl adjacent to an activating group) is 1. The Morgan fingerprint density at radius 2 is 1.89 bits per heavy atom. The van der Waals surface area contributed by atoms with E-state index in [9.17, 15) is 9.50 Å². The zero-order valence-corrected chi connectivity index (χ0v) is 11.4. The van der Waals surface area contributed by atoms with Crippen LogP contribution in [0.1, 0.15) is 25.0 Å². The van der Waals surface area contributed by atoms with Crippen molar-refractivity contribution in [2.45, 2.75) is 25.5 Å². The first-order valence-electron chi connectivity index (χ1n) is 6.36. The summed E-state index contributed by atoms with van der Waals surface area (Å²) in [5, 5.41) is 13.6. The maximum absolute atomic E-state index is 12.8. The molecule has 2 unspecified atom stereocenters. The van der Waals surface area contributed by atoms with Gasteiger partial charge in [0.25, 0.3) is 0 Å². The van der Waals surface area contributed by atoms with Crippen LogP contribution in [0.15, 0.2) is 24.3 Å². The minimum atomic E-state index is -0.599. The topological polar surface area (TPSA) is 35.5 Å². The zero-order valence-electron chi connectivity index (χ0n) is 11.4. The molecular formula is C14H23FN2O. The van der Waals surface area contributed by atoms with Crippen molar-refractivity contribution in [3.05, 3.63) is 35.6 Å². The van der Waals surface area contributed by atoms with E-state index < -0.39 is 6.10 Å². The van der Waals surface area contributed by atoms with Gasteiger partial charge in [0.2, 0.25) is 0 Å². The first-order valence-corrected chi connectivity index (χ1v) is 6.36. The molecule has 0 amide bonds. The van der Waals surface area contributed by atoms with Crippen molar-refractivity contribution in [2.75, 3.05) is 27.2 Å². The van der Waals surface area contributed by atoms with Gasteiger partial charge >= 0.3 is 0 Å². The monoisotopic (exact) mass is 254 g/mol. The molecule has 0 aliphatic carbocycles. The van der Waals surface area contributed by atoms with E-state index in [4.69, 9.17) is 0 Å². The fourth-order valence-electron chi connectivity index (χ4n) is 1.85. The summed E-state index contributed by atoms with van der Waals surface area (Å²) in [6.45, 7) is 3.77. The van der Waals surface area contributed by atoms with E-state index in [0.717, 1.165) is 25.1 Å². The van der Waals surface area contributed by atoms with Crippen LogP contribution in [0.4, 0.5) is 4.39 Å². The zero-order chi connectivity index (χ0) is 13.5. The van der Waals surface area contributed by atoms with E-state index in [1.165, 1.54) is 12.1 Å². The smallest absolute Gasteiger partial charge is 0.123 e. The minimum Gasteiger partial charge on any atom is -0.387 e. The van der Waals surface area contributed by atoms with Gasteiger partial charge in [0, 0.05) is 19.1 Å². The summed E-state index contributed by atoms with van der Waals surface area (Å²) in [7, 11) is 4.03. The highest BCUT2D eigenvalue weighted by atomic mass is 19.1. The summed E-state index contributed by atoms with van der Waals surface area (Å²) in [6, 6.07) is 6.03. The largest absolute Gasteiger partial charge is 0.387 e. The molecule has 0 spiro atoms. The van der Waals surface area contributed by atoms with Crippen molar-refractivity contribution in [1.82, 2.24) is 10.2 Å². The molecule has 1 aromatic rings. The molecule has 1 aromatic carbocycles. The fourth-order valence-corrected chi connectivity index (χ4v) is 1.85. The Balaban J connectivity index is 2.55. The molecule has 102 valence electrons. The summed E-state index contributed by atoms with van der Waals surface area (Å²) in [4.78, 5) is 2.09. The van der Waals surface area contributed by atoms with Crippen LogP contribution >= 0.6 is 0 Å². The lowest BCUT2D eigenvalue weighted by Gasteiger charge is -2.24. The maximum atomic E-state index is 12.8. The first-order chi connectivity index (χ1) is 8.54. The number of hydrogen-bond donors (Lipinski definition) is 2. The molecule has 0 saturated heterocycles. The van der Waals surface area contributed by atoms with Crippen molar-refractivity contribution >= 4 is 0 Å². The van der Waals surface area contributed by atoms with Crippen molar-refractivity contribution < 1.29 is 9.50 Å². The molecule has 0 bridgehead atoms. The van der Waals surface area contributed by atoms with Crippen LogP contribution < -0.4 is 5.32 Å². The van der Waals surface area contributed by atoms with Gasteiger partial charge in [0.1, 0.15) is 5.82 Å². The van der Waals surface area contributed by atoms with E-state index in [1.807, 2.05) is 21.0 Å². The lowest BCUT2D eigenvalue weighted by atomic mass is 10.0. The quantitative estimate of drug-likeness (QED) is 0.778. The molecule has 3 nitrogen and oxygen atoms in total. The average molecular weight is 254 g/mol. The third-order valence-electron chi connectivity index (χ3n) is 3.00. The Labute approximate surface area is 109 Å². The average Bonchev–Trinajstić information content (AvgIpc) is 2.34. The molecule has 0 radical (unpaired) electrons. The van der Waals surface area contributed by atoms with Crippen LogP contribution in [0.3, 0.4) is 0 Å². The molecule has 0 heterocycles. The van der Waals surface area contributed by atoms with E-state index in [0.29, 0.717) is 0 Å². The second-order valence-electron chi connectivity index (χ2n) is 4.77. The number of rotatable bonds is 7. The SMILES string of the molecule is CCC(NCCN(C)C)C(O)c1ccc(F)cc1. The van der Waals surface area contributed by atoms with E-state index in [-0.39, 0.29) is 11.9 Å². The standard InChI is InChI=1S/C14H23FN2O/c1-4-13(16-9-10-17(2)3)14(18)11-5-7-12(15)8-6-11/h5-8,13-14,16,18H,4,9-10H2,1-3H3. The lowest BCUT2D eigenvalue weighted by Crippen LogP contribution is -2.38. The molecule has 18 heavy (non-hydrogen) atoms. The van der Waals surface area contributed by atoms with Gasteiger partial charge < -0.3 is 15.3 Å². The number of benzene rings is 1. The van der Waals surface area contributed by atoms with Gasteiger partial charge in [-0.3, -0.25) is 0 Å². The van der Waals surface area contributed by atoms with Crippen LogP contribution in [0.5, 0.6) is 0 Å².